The number of benzene rings is 1. The molecule has 6 nitrogen and oxygen atoms in total. The first-order valence-corrected chi connectivity index (χ1v) is 7.33. The van der Waals surface area contributed by atoms with E-state index in [-0.39, 0.29) is 23.3 Å². The second kappa shape index (κ2) is 5.69. The van der Waals surface area contributed by atoms with Gasteiger partial charge in [-0.3, -0.25) is 14.5 Å². The maximum absolute atomic E-state index is 12.6. The van der Waals surface area contributed by atoms with Gasteiger partial charge in [0.25, 0.3) is 5.91 Å². The van der Waals surface area contributed by atoms with Crippen LogP contribution in [0.5, 0.6) is 0 Å². The summed E-state index contributed by atoms with van der Waals surface area (Å²) in [5.41, 5.74) is 2.13. The minimum absolute atomic E-state index is 0.0755. The first kappa shape index (κ1) is 15.0. The number of carbonyl (C=O) groups is 2. The highest BCUT2D eigenvalue weighted by Crippen LogP contribution is 2.25. The minimum atomic E-state index is -0.307. The fourth-order valence-electron chi connectivity index (χ4n) is 2.78. The molecule has 1 aliphatic carbocycles. The number of rotatable bonds is 2. The standard InChI is InChI=1S/C17H15N3O3/c1-10-19-14(9-18)17(23-10)20(2)16(22)12-6-7-13-11(8-12)4-3-5-15(13)21/h6-8H,3-5H2,1-2H3. The van der Waals surface area contributed by atoms with Crippen LogP contribution >= 0.6 is 0 Å². The van der Waals surface area contributed by atoms with Crippen LogP contribution in [0.4, 0.5) is 5.88 Å². The molecule has 0 bridgehead atoms. The third kappa shape index (κ3) is 2.61. The number of amides is 1. The Balaban J connectivity index is 1.94. The Kier molecular flexibility index (Phi) is 3.70. The molecule has 0 spiro atoms. The number of nitriles is 1. The maximum atomic E-state index is 12.6. The SMILES string of the molecule is Cc1nc(C#N)c(N(C)C(=O)c2ccc3c(c2)CCCC3=O)o1. The van der Waals surface area contributed by atoms with Crippen molar-refractivity contribution in [3.63, 3.8) is 0 Å². The lowest BCUT2D eigenvalue weighted by Crippen LogP contribution is -2.27. The molecule has 1 aromatic heterocycles. The van der Waals surface area contributed by atoms with Crippen molar-refractivity contribution >= 4 is 17.6 Å². The molecule has 3 rings (SSSR count). The first-order valence-electron chi connectivity index (χ1n) is 7.33. The van der Waals surface area contributed by atoms with Crippen molar-refractivity contribution in [2.45, 2.75) is 26.2 Å². The zero-order valence-corrected chi connectivity index (χ0v) is 12.9. The van der Waals surface area contributed by atoms with Crippen molar-refractivity contribution in [2.75, 3.05) is 11.9 Å². The summed E-state index contributed by atoms with van der Waals surface area (Å²) in [7, 11) is 1.54. The van der Waals surface area contributed by atoms with Crippen LogP contribution in [0.3, 0.4) is 0 Å². The molecule has 2 aromatic rings. The minimum Gasteiger partial charge on any atom is -0.423 e. The third-order valence-electron chi connectivity index (χ3n) is 3.93. The topological polar surface area (TPSA) is 87.2 Å². The van der Waals surface area contributed by atoms with Crippen LogP contribution in [0.15, 0.2) is 22.6 Å². The van der Waals surface area contributed by atoms with Crippen molar-refractivity contribution in [2.24, 2.45) is 0 Å². The van der Waals surface area contributed by atoms with Gasteiger partial charge in [0, 0.05) is 31.5 Å². The van der Waals surface area contributed by atoms with Crippen molar-refractivity contribution in [3.05, 3.63) is 46.5 Å². The quantitative estimate of drug-likeness (QED) is 0.851. The number of aromatic nitrogens is 1. The number of fused-ring (bicyclic) bond motifs is 1. The lowest BCUT2D eigenvalue weighted by molar-refractivity contribution is 0.0965. The highest BCUT2D eigenvalue weighted by Gasteiger charge is 2.24. The number of nitrogens with zero attached hydrogens (tertiary/aromatic N) is 3. The number of anilines is 1. The number of hydrogen-bond acceptors (Lipinski definition) is 5. The molecule has 0 saturated heterocycles. The smallest absolute Gasteiger partial charge is 0.260 e. The molecule has 1 heterocycles. The van der Waals surface area contributed by atoms with Crippen molar-refractivity contribution < 1.29 is 14.0 Å². The highest BCUT2D eigenvalue weighted by atomic mass is 16.4. The number of oxazole rings is 1. The number of ketones is 1. The lowest BCUT2D eigenvalue weighted by Gasteiger charge is -2.18. The van der Waals surface area contributed by atoms with Crippen LogP contribution in [-0.2, 0) is 6.42 Å². The predicted octanol–water partition coefficient (Wildman–Crippen LogP) is 2.65. The van der Waals surface area contributed by atoms with E-state index in [4.69, 9.17) is 9.68 Å². The molecule has 0 unspecified atom stereocenters. The van der Waals surface area contributed by atoms with Crippen LogP contribution in [0.1, 0.15) is 50.7 Å². The summed E-state index contributed by atoms with van der Waals surface area (Å²) in [5, 5.41) is 9.07. The van der Waals surface area contributed by atoms with Gasteiger partial charge in [0.05, 0.1) is 0 Å². The van der Waals surface area contributed by atoms with Crippen LogP contribution in [-0.4, -0.2) is 23.7 Å². The lowest BCUT2D eigenvalue weighted by atomic mass is 9.89. The Labute approximate surface area is 133 Å². The Morgan fingerprint density at radius 2 is 2.17 bits per heavy atom. The van der Waals surface area contributed by atoms with Gasteiger partial charge in [-0.05, 0) is 30.5 Å². The third-order valence-corrected chi connectivity index (χ3v) is 3.93. The van der Waals surface area contributed by atoms with Gasteiger partial charge in [-0.1, -0.05) is 6.07 Å². The molecular weight excluding hydrogens is 294 g/mol. The second-order valence-electron chi connectivity index (χ2n) is 5.51. The summed E-state index contributed by atoms with van der Waals surface area (Å²) >= 11 is 0. The Bertz CT molecular complexity index is 845. The van der Waals surface area contributed by atoms with Gasteiger partial charge >= 0.3 is 0 Å². The van der Waals surface area contributed by atoms with Gasteiger partial charge in [0.15, 0.2) is 11.7 Å². The Morgan fingerprint density at radius 3 is 2.91 bits per heavy atom. The van der Waals surface area contributed by atoms with Crippen LogP contribution in [0.2, 0.25) is 0 Å². The highest BCUT2D eigenvalue weighted by molar-refractivity contribution is 6.07. The van der Waals surface area contributed by atoms with E-state index in [0.29, 0.717) is 23.4 Å². The monoisotopic (exact) mass is 309 g/mol. The van der Waals surface area contributed by atoms with E-state index in [1.807, 2.05) is 6.07 Å². The molecule has 1 aromatic carbocycles. The van der Waals surface area contributed by atoms with Crippen LogP contribution < -0.4 is 4.90 Å². The summed E-state index contributed by atoms with van der Waals surface area (Å²) in [4.78, 5) is 29.7. The van der Waals surface area contributed by atoms with Gasteiger partial charge in [-0.2, -0.15) is 5.26 Å². The summed E-state index contributed by atoms with van der Waals surface area (Å²) < 4.78 is 5.36. The Morgan fingerprint density at radius 1 is 1.39 bits per heavy atom. The molecule has 1 amide bonds. The molecule has 0 radical (unpaired) electrons. The van der Waals surface area contributed by atoms with Gasteiger partial charge in [0.1, 0.15) is 6.07 Å². The van der Waals surface area contributed by atoms with Gasteiger partial charge in [0.2, 0.25) is 11.6 Å². The van der Waals surface area contributed by atoms with E-state index >= 15 is 0 Å². The predicted molar refractivity (Wildman–Crippen MR) is 82.4 cm³/mol. The van der Waals surface area contributed by atoms with Gasteiger partial charge < -0.3 is 4.42 Å². The number of aryl methyl sites for hydroxylation is 2. The fraction of sp³-hybridized carbons (Fsp3) is 0.294. The molecule has 0 N–H and O–H groups in total. The molecule has 0 fully saturated rings. The largest absolute Gasteiger partial charge is 0.423 e. The summed E-state index contributed by atoms with van der Waals surface area (Å²) in [6, 6.07) is 7.00. The van der Waals surface area contributed by atoms with E-state index in [0.717, 1.165) is 18.4 Å². The van der Waals surface area contributed by atoms with Crippen molar-refractivity contribution in [1.82, 2.24) is 4.98 Å². The molecule has 6 heteroatoms. The van der Waals surface area contributed by atoms with E-state index in [1.165, 1.54) is 11.9 Å². The van der Waals surface area contributed by atoms with E-state index in [2.05, 4.69) is 4.98 Å². The molecule has 1 aliphatic rings. The summed E-state index contributed by atoms with van der Waals surface area (Å²) in [5.74, 6) is 0.269. The zero-order chi connectivity index (χ0) is 16.6. The second-order valence-corrected chi connectivity index (χ2v) is 5.51. The molecule has 0 aliphatic heterocycles. The van der Waals surface area contributed by atoms with E-state index in [1.54, 1.807) is 25.1 Å². The Hall–Kier alpha value is -2.94. The van der Waals surface area contributed by atoms with Gasteiger partial charge in [-0.15, -0.1) is 0 Å². The molecule has 0 atom stereocenters. The average molecular weight is 309 g/mol. The van der Waals surface area contributed by atoms with Crippen molar-refractivity contribution in [1.29, 1.82) is 5.26 Å². The molecule has 23 heavy (non-hydrogen) atoms. The number of Topliss-reactive ketones (excluding diaryl/α,β-unsaturated/α-hetero) is 1. The van der Waals surface area contributed by atoms with Crippen LogP contribution in [0.25, 0.3) is 0 Å². The molecule has 0 saturated carbocycles. The average Bonchev–Trinajstić information content (AvgIpc) is 2.94. The first-order chi connectivity index (χ1) is 11.0. The molecular formula is C17H15N3O3. The van der Waals surface area contributed by atoms with Crippen LogP contribution in [0, 0.1) is 18.3 Å². The van der Waals surface area contributed by atoms with E-state index in [9.17, 15) is 9.59 Å². The number of carbonyl (C=O) groups excluding carboxylic acids is 2. The summed E-state index contributed by atoms with van der Waals surface area (Å²) in [6.07, 6.45) is 2.15. The zero-order valence-electron chi connectivity index (χ0n) is 12.9. The fourth-order valence-corrected chi connectivity index (χ4v) is 2.78. The van der Waals surface area contributed by atoms with Crippen molar-refractivity contribution in [3.8, 4) is 6.07 Å². The van der Waals surface area contributed by atoms with E-state index < -0.39 is 0 Å². The molecule has 116 valence electrons. The normalized spacial score (nSPS) is 13.3. The summed E-state index contributed by atoms with van der Waals surface area (Å²) in [6.45, 7) is 1.62. The number of hydrogen-bond donors (Lipinski definition) is 0. The van der Waals surface area contributed by atoms with Gasteiger partial charge in [-0.25, -0.2) is 4.98 Å². The maximum Gasteiger partial charge on any atom is 0.260 e.